The van der Waals surface area contributed by atoms with Gasteiger partial charge in [0.25, 0.3) is 0 Å². The van der Waals surface area contributed by atoms with Crippen LogP contribution < -0.4 is 11.1 Å². The number of benzene rings is 1. The molecule has 0 bridgehead atoms. The fourth-order valence-corrected chi connectivity index (χ4v) is 2.88. The number of nitrogens with one attached hydrogen (secondary N) is 1. The van der Waals surface area contributed by atoms with E-state index in [0.29, 0.717) is 6.04 Å². The first-order chi connectivity index (χ1) is 9.72. The Labute approximate surface area is 118 Å². The summed E-state index contributed by atoms with van der Waals surface area (Å²) in [5.74, 6) is 0.802. The Balaban J connectivity index is 1.66. The van der Waals surface area contributed by atoms with Gasteiger partial charge >= 0.3 is 0 Å². The van der Waals surface area contributed by atoms with Crippen molar-refractivity contribution in [3.05, 3.63) is 36.4 Å². The Morgan fingerprint density at radius 1 is 1.10 bits per heavy atom. The van der Waals surface area contributed by atoms with Crippen molar-refractivity contribution in [2.75, 3.05) is 5.32 Å². The van der Waals surface area contributed by atoms with E-state index in [1.807, 2.05) is 24.3 Å². The summed E-state index contributed by atoms with van der Waals surface area (Å²) in [5, 5.41) is 4.62. The van der Waals surface area contributed by atoms with Crippen molar-refractivity contribution >= 4 is 22.6 Å². The summed E-state index contributed by atoms with van der Waals surface area (Å²) in [6.07, 6.45) is 3.70. The molecule has 0 aliphatic heterocycles. The highest BCUT2D eigenvalue weighted by Gasteiger charge is 2.24. The highest BCUT2D eigenvalue weighted by molar-refractivity contribution is 5.80. The van der Waals surface area contributed by atoms with Crippen LogP contribution in [-0.2, 0) is 4.79 Å². The monoisotopic (exact) mass is 269 g/mol. The number of rotatable bonds is 3. The summed E-state index contributed by atoms with van der Waals surface area (Å²) in [6, 6.07) is 12.6. The van der Waals surface area contributed by atoms with Crippen LogP contribution in [0.2, 0.25) is 0 Å². The average molecular weight is 269 g/mol. The van der Waals surface area contributed by atoms with Gasteiger partial charge in [-0.3, -0.25) is 4.79 Å². The van der Waals surface area contributed by atoms with E-state index in [-0.39, 0.29) is 11.8 Å². The Kier molecular flexibility index (Phi) is 3.54. The SMILES string of the molecule is NC(=O)C1CCC(Nc2ccc3ccccc3n2)CC1. The minimum atomic E-state index is -0.160. The van der Waals surface area contributed by atoms with Crippen molar-refractivity contribution in [2.24, 2.45) is 11.7 Å². The molecule has 1 heterocycles. The first-order valence-electron chi connectivity index (χ1n) is 7.14. The topological polar surface area (TPSA) is 68.0 Å². The van der Waals surface area contributed by atoms with Crippen molar-refractivity contribution in [1.29, 1.82) is 0 Å². The van der Waals surface area contributed by atoms with Crippen LogP contribution in [0.3, 0.4) is 0 Å². The molecule has 0 spiro atoms. The molecule has 1 aromatic carbocycles. The van der Waals surface area contributed by atoms with Gasteiger partial charge in [-0.05, 0) is 43.9 Å². The first-order valence-corrected chi connectivity index (χ1v) is 7.14. The number of carbonyl (C=O) groups is 1. The van der Waals surface area contributed by atoms with E-state index in [0.717, 1.165) is 42.4 Å². The molecule has 1 aromatic heterocycles. The van der Waals surface area contributed by atoms with Gasteiger partial charge < -0.3 is 11.1 Å². The van der Waals surface area contributed by atoms with Gasteiger partial charge in [0.1, 0.15) is 5.82 Å². The molecule has 4 heteroatoms. The molecule has 0 radical (unpaired) electrons. The summed E-state index contributed by atoms with van der Waals surface area (Å²) < 4.78 is 0. The normalized spacial score (nSPS) is 22.6. The number of anilines is 1. The second-order valence-corrected chi connectivity index (χ2v) is 5.48. The van der Waals surface area contributed by atoms with Gasteiger partial charge in [0.2, 0.25) is 5.91 Å². The third kappa shape index (κ3) is 2.74. The van der Waals surface area contributed by atoms with Crippen LogP contribution in [0, 0.1) is 5.92 Å². The van der Waals surface area contributed by atoms with Gasteiger partial charge in [-0.15, -0.1) is 0 Å². The maximum absolute atomic E-state index is 11.2. The Morgan fingerprint density at radius 2 is 1.85 bits per heavy atom. The predicted molar refractivity (Wildman–Crippen MR) is 80.3 cm³/mol. The zero-order chi connectivity index (χ0) is 13.9. The number of primary amides is 1. The van der Waals surface area contributed by atoms with Crippen molar-refractivity contribution in [3.63, 3.8) is 0 Å². The summed E-state index contributed by atoms with van der Waals surface area (Å²) in [5.41, 5.74) is 6.36. The molecule has 20 heavy (non-hydrogen) atoms. The van der Waals surface area contributed by atoms with E-state index in [9.17, 15) is 4.79 Å². The second kappa shape index (κ2) is 5.49. The smallest absolute Gasteiger partial charge is 0.220 e. The first kappa shape index (κ1) is 12.9. The van der Waals surface area contributed by atoms with Gasteiger partial charge in [0, 0.05) is 17.3 Å². The minimum absolute atomic E-state index is 0.0533. The largest absolute Gasteiger partial charge is 0.369 e. The molecule has 3 N–H and O–H groups in total. The average Bonchev–Trinajstić information content (AvgIpc) is 2.48. The lowest BCUT2D eigenvalue weighted by atomic mass is 9.85. The third-order valence-electron chi connectivity index (χ3n) is 4.08. The molecule has 1 fully saturated rings. The van der Waals surface area contributed by atoms with E-state index in [4.69, 9.17) is 5.73 Å². The molecule has 0 saturated heterocycles. The molecule has 1 aliphatic rings. The minimum Gasteiger partial charge on any atom is -0.369 e. The van der Waals surface area contributed by atoms with Gasteiger partial charge in [-0.1, -0.05) is 18.2 Å². The number of aromatic nitrogens is 1. The zero-order valence-electron chi connectivity index (χ0n) is 11.4. The van der Waals surface area contributed by atoms with E-state index in [2.05, 4.69) is 22.4 Å². The number of amides is 1. The van der Waals surface area contributed by atoms with E-state index in [1.54, 1.807) is 0 Å². The summed E-state index contributed by atoms with van der Waals surface area (Å²) in [7, 11) is 0. The van der Waals surface area contributed by atoms with Crippen molar-refractivity contribution in [2.45, 2.75) is 31.7 Å². The number of hydrogen-bond acceptors (Lipinski definition) is 3. The predicted octanol–water partition coefficient (Wildman–Crippen LogP) is 2.69. The molecule has 104 valence electrons. The Morgan fingerprint density at radius 3 is 2.60 bits per heavy atom. The molecule has 0 unspecified atom stereocenters. The number of nitrogens with two attached hydrogens (primary N) is 1. The Hall–Kier alpha value is -2.10. The van der Waals surface area contributed by atoms with Gasteiger partial charge in [0.15, 0.2) is 0 Å². The van der Waals surface area contributed by atoms with Crippen LogP contribution in [0.1, 0.15) is 25.7 Å². The molecular weight excluding hydrogens is 250 g/mol. The number of nitrogens with zero attached hydrogens (tertiary/aromatic N) is 1. The standard InChI is InChI=1S/C16H19N3O/c17-16(20)12-5-8-13(9-6-12)18-15-10-7-11-3-1-2-4-14(11)19-15/h1-4,7,10,12-13H,5-6,8-9H2,(H2,17,20)(H,18,19). The lowest BCUT2D eigenvalue weighted by molar-refractivity contribution is -0.122. The third-order valence-corrected chi connectivity index (χ3v) is 4.08. The zero-order valence-corrected chi connectivity index (χ0v) is 11.4. The van der Waals surface area contributed by atoms with Crippen molar-refractivity contribution < 1.29 is 4.79 Å². The Bertz CT molecular complexity index is 618. The van der Waals surface area contributed by atoms with Crippen LogP contribution in [0.5, 0.6) is 0 Å². The summed E-state index contributed by atoms with van der Waals surface area (Å²) in [6.45, 7) is 0. The molecule has 4 nitrogen and oxygen atoms in total. The van der Waals surface area contributed by atoms with Crippen molar-refractivity contribution in [1.82, 2.24) is 4.98 Å². The maximum Gasteiger partial charge on any atom is 0.220 e. The fraction of sp³-hybridized carbons (Fsp3) is 0.375. The lowest BCUT2D eigenvalue weighted by Gasteiger charge is -2.27. The fourth-order valence-electron chi connectivity index (χ4n) is 2.88. The van der Waals surface area contributed by atoms with Crippen LogP contribution in [0.25, 0.3) is 10.9 Å². The molecular formula is C16H19N3O. The van der Waals surface area contributed by atoms with Crippen LogP contribution in [-0.4, -0.2) is 16.9 Å². The van der Waals surface area contributed by atoms with Gasteiger partial charge in [-0.25, -0.2) is 4.98 Å². The van der Waals surface area contributed by atoms with Crippen LogP contribution in [0.15, 0.2) is 36.4 Å². The van der Waals surface area contributed by atoms with Crippen LogP contribution >= 0.6 is 0 Å². The second-order valence-electron chi connectivity index (χ2n) is 5.48. The number of fused-ring (bicyclic) bond motifs is 1. The van der Waals surface area contributed by atoms with Crippen molar-refractivity contribution in [3.8, 4) is 0 Å². The highest BCUT2D eigenvalue weighted by atomic mass is 16.1. The van der Waals surface area contributed by atoms with Gasteiger partial charge in [-0.2, -0.15) is 0 Å². The number of para-hydroxylation sites is 1. The molecule has 3 rings (SSSR count). The quantitative estimate of drug-likeness (QED) is 0.900. The molecule has 2 aromatic rings. The summed E-state index contributed by atoms with van der Waals surface area (Å²) in [4.78, 5) is 15.8. The number of pyridine rings is 1. The maximum atomic E-state index is 11.2. The molecule has 1 saturated carbocycles. The lowest BCUT2D eigenvalue weighted by Crippen LogP contribution is -2.32. The van der Waals surface area contributed by atoms with E-state index < -0.39 is 0 Å². The molecule has 1 aliphatic carbocycles. The molecule has 1 amide bonds. The van der Waals surface area contributed by atoms with Gasteiger partial charge in [0.05, 0.1) is 5.52 Å². The number of carbonyl (C=O) groups excluding carboxylic acids is 1. The van der Waals surface area contributed by atoms with Crippen LogP contribution in [0.4, 0.5) is 5.82 Å². The summed E-state index contributed by atoms with van der Waals surface area (Å²) >= 11 is 0. The molecule has 0 atom stereocenters. The van der Waals surface area contributed by atoms with E-state index in [1.165, 1.54) is 0 Å². The van der Waals surface area contributed by atoms with E-state index >= 15 is 0 Å². The highest BCUT2D eigenvalue weighted by Crippen LogP contribution is 2.26. The number of hydrogen-bond donors (Lipinski definition) is 2.